The number of benzene rings is 1. The Balaban J connectivity index is 2.44. The zero-order valence-corrected chi connectivity index (χ0v) is 9.58. The van der Waals surface area contributed by atoms with Crippen molar-refractivity contribution >= 4 is 21.4 Å². The van der Waals surface area contributed by atoms with Crippen molar-refractivity contribution in [2.75, 3.05) is 0 Å². The summed E-state index contributed by atoms with van der Waals surface area (Å²) in [5.74, 6) is 0.0605. The molecule has 0 bridgehead atoms. The fourth-order valence-corrected chi connectivity index (χ4v) is 2.70. The molecular weight excluding hydrogens is 259 g/mol. The monoisotopic (exact) mass is 264 g/mol. The normalized spacial score (nSPS) is 10.9. The van der Waals surface area contributed by atoms with E-state index in [2.05, 4.69) is 14.9 Å². The molecule has 0 atom stereocenters. The van der Waals surface area contributed by atoms with E-state index in [0.29, 0.717) is 15.3 Å². The molecule has 0 unspecified atom stereocenters. The van der Waals surface area contributed by atoms with Crippen LogP contribution in [-0.4, -0.2) is 9.97 Å². The summed E-state index contributed by atoms with van der Waals surface area (Å²) >= 11 is 1.13. The highest BCUT2D eigenvalue weighted by molar-refractivity contribution is 7.21. The summed E-state index contributed by atoms with van der Waals surface area (Å²) in [5, 5.41) is 1.06. The molecule has 0 radical (unpaired) electrons. The van der Waals surface area contributed by atoms with Gasteiger partial charge in [-0.05, 0) is 23.6 Å². The minimum Gasteiger partial charge on any atom is -0.294 e. The number of hydrogen-bond acceptors (Lipinski definition) is 5. The number of fused-ring (bicyclic) bond motifs is 2. The van der Waals surface area contributed by atoms with Crippen molar-refractivity contribution in [2.24, 2.45) is 0 Å². The quantitative estimate of drug-likeness (QED) is 0.679. The zero-order valence-electron chi connectivity index (χ0n) is 8.77. The summed E-state index contributed by atoms with van der Waals surface area (Å²) in [6.45, 7) is 0. The van der Waals surface area contributed by atoms with Gasteiger partial charge in [-0.2, -0.15) is 4.98 Å². The van der Waals surface area contributed by atoms with E-state index < -0.39 is 11.2 Å². The van der Waals surface area contributed by atoms with Crippen LogP contribution in [0.2, 0.25) is 0 Å². The number of hydrogen-bond donors (Lipinski definition) is 1. The van der Waals surface area contributed by atoms with E-state index in [9.17, 15) is 14.1 Å². The Kier molecular flexibility index (Phi) is 2.34. The average Bonchev–Trinajstić information content (AvgIpc) is 2.36. The Morgan fingerprint density at radius 1 is 1.28 bits per heavy atom. The molecule has 2 aliphatic heterocycles. The molecule has 5 nitrogen and oxygen atoms in total. The molecule has 18 heavy (non-hydrogen) atoms. The molecule has 1 N–H and O–H groups in total. The van der Waals surface area contributed by atoms with Gasteiger partial charge >= 0.3 is 5.69 Å². The third-order valence-electron chi connectivity index (χ3n) is 2.48. The van der Waals surface area contributed by atoms with E-state index in [1.165, 1.54) is 12.1 Å². The van der Waals surface area contributed by atoms with Crippen molar-refractivity contribution in [2.45, 2.75) is 0 Å². The molecule has 2 aliphatic rings. The maximum atomic E-state index is 12.1. The predicted molar refractivity (Wildman–Crippen MR) is 64.9 cm³/mol. The van der Waals surface area contributed by atoms with Crippen LogP contribution in [0.3, 0.4) is 0 Å². The van der Waals surface area contributed by atoms with Gasteiger partial charge < -0.3 is 0 Å². The van der Waals surface area contributed by atoms with Crippen LogP contribution < -0.4 is 16.2 Å². The average molecular weight is 264 g/mol. The third-order valence-corrected chi connectivity index (χ3v) is 3.56. The topological polar surface area (TPSA) is 72.0 Å². The Morgan fingerprint density at radius 2 is 2.11 bits per heavy atom. The van der Waals surface area contributed by atoms with Gasteiger partial charge in [0.25, 0.3) is 5.56 Å². The summed E-state index contributed by atoms with van der Waals surface area (Å²) in [6.07, 6.45) is 0. The van der Waals surface area contributed by atoms with Crippen molar-refractivity contribution in [1.82, 2.24) is 9.97 Å². The molecule has 7 heteroatoms. The first-order valence-electron chi connectivity index (χ1n) is 4.94. The molecule has 0 fully saturated rings. The van der Waals surface area contributed by atoms with Gasteiger partial charge in [0.15, 0.2) is 5.75 Å². The SMILES string of the molecule is O=c1nc2sc3cc(OF)ccc3cc-2c(=O)[nH]1. The first kappa shape index (κ1) is 10.8. The Hall–Kier alpha value is -2.28. The molecule has 0 aliphatic carbocycles. The van der Waals surface area contributed by atoms with Crippen molar-refractivity contribution < 1.29 is 9.47 Å². The summed E-state index contributed by atoms with van der Waals surface area (Å²) in [5.41, 5.74) is -0.837. The van der Waals surface area contributed by atoms with E-state index in [-0.39, 0.29) is 5.75 Å². The molecule has 0 saturated heterocycles. The highest BCUT2D eigenvalue weighted by Crippen LogP contribution is 2.31. The van der Waals surface area contributed by atoms with Gasteiger partial charge in [-0.15, -0.1) is 11.3 Å². The second-order valence-corrected chi connectivity index (χ2v) is 4.64. The second-order valence-electron chi connectivity index (χ2n) is 3.61. The second kappa shape index (κ2) is 3.88. The van der Waals surface area contributed by atoms with E-state index in [4.69, 9.17) is 0 Å². The van der Waals surface area contributed by atoms with Gasteiger partial charge in [-0.1, -0.05) is 0 Å². The van der Waals surface area contributed by atoms with E-state index in [1.807, 2.05) is 0 Å². The first-order valence-corrected chi connectivity index (χ1v) is 5.75. The third kappa shape index (κ3) is 1.65. The summed E-state index contributed by atoms with van der Waals surface area (Å²) in [7, 11) is 0. The summed E-state index contributed by atoms with van der Waals surface area (Å²) < 4.78 is 12.8. The van der Waals surface area contributed by atoms with Gasteiger partial charge in [-0.25, -0.2) is 4.79 Å². The molecule has 0 spiro atoms. The summed E-state index contributed by atoms with van der Waals surface area (Å²) in [6, 6.07) is 6.16. The van der Waals surface area contributed by atoms with Crippen molar-refractivity contribution in [1.29, 1.82) is 0 Å². The molecule has 0 amide bonds. The number of nitrogens with zero attached hydrogens (tertiary/aromatic N) is 1. The first-order chi connectivity index (χ1) is 8.67. The molecule has 2 heterocycles. The van der Waals surface area contributed by atoms with Gasteiger partial charge in [0.05, 0.1) is 5.56 Å². The lowest BCUT2D eigenvalue weighted by Crippen LogP contribution is -2.24. The molecule has 1 aromatic rings. The number of H-pyrrole nitrogens is 1. The minimum atomic E-state index is -0.694. The molecule has 0 aromatic heterocycles. The lowest BCUT2D eigenvalue weighted by Gasteiger charge is -2.04. The maximum Gasteiger partial charge on any atom is 0.349 e. The standard InChI is InChI=1S/C11H5FN2O3S/c12-17-6-2-1-5-3-7-9(15)13-11(16)14-10(7)18-8(5)4-6/h1-4H,(H,13,15,16). The van der Waals surface area contributed by atoms with Gasteiger partial charge in [0, 0.05) is 15.3 Å². The van der Waals surface area contributed by atoms with Crippen LogP contribution >= 0.6 is 11.3 Å². The number of rotatable bonds is 1. The lowest BCUT2D eigenvalue weighted by molar-refractivity contribution is -0.00601. The van der Waals surface area contributed by atoms with Crippen LogP contribution in [0.15, 0.2) is 33.9 Å². The maximum absolute atomic E-state index is 12.1. The minimum absolute atomic E-state index is 0.0605. The van der Waals surface area contributed by atoms with Gasteiger partial charge in [0.2, 0.25) is 0 Å². The highest BCUT2D eigenvalue weighted by atomic mass is 32.1. The number of nitrogens with one attached hydrogen (secondary N) is 1. The number of aromatic amines is 1. The number of aromatic nitrogens is 2. The molecule has 90 valence electrons. The Bertz CT molecular complexity index is 827. The molecular formula is C11H5FN2O3S. The number of halogens is 1. The van der Waals surface area contributed by atoms with Crippen LogP contribution in [-0.2, 0) is 0 Å². The van der Waals surface area contributed by atoms with Crippen molar-refractivity contribution in [3.05, 3.63) is 45.1 Å². The van der Waals surface area contributed by atoms with Crippen LogP contribution in [0.25, 0.3) is 20.7 Å². The fourth-order valence-electron chi connectivity index (χ4n) is 1.68. The van der Waals surface area contributed by atoms with Crippen LogP contribution in [0.4, 0.5) is 4.53 Å². The molecule has 1 aromatic carbocycles. The van der Waals surface area contributed by atoms with Crippen LogP contribution in [0, 0.1) is 0 Å². The van der Waals surface area contributed by atoms with Crippen LogP contribution in [0.1, 0.15) is 0 Å². The van der Waals surface area contributed by atoms with Crippen molar-refractivity contribution in [3.63, 3.8) is 0 Å². The van der Waals surface area contributed by atoms with Crippen LogP contribution in [0.5, 0.6) is 5.75 Å². The Labute approximate surface area is 103 Å². The zero-order chi connectivity index (χ0) is 12.7. The van der Waals surface area contributed by atoms with Crippen molar-refractivity contribution in [3.8, 4) is 16.3 Å². The van der Waals surface area contributed by atoms with E-state index in [0.717, 1.165) is 16.7 Å². The van der Waals surface area contributed by atoms with Gasteiger partial charge in [0.1, 0.15) is 5.01 Å². The van der Waals surface area contributed by atoms with E-state index in [1.54, 1.807) is 12.1 Å². The van der Waals surface area contributed by atoms with Gasteiger partial charge in [-0.3, -0.25) is 14.7 Å². The highest BCUT2D eigenvalue weighted by Gasteiger charge is 2.12. The summed E-state index contributed by atoms with van der Waals surface area (Å²) in [4.78, 5) is 32.2. The van der Waals surface area contributed by atoms with E-state index >= 15 is 0 Å². The molecule has 3 rings (SSSR count). The molecule has 0 saturated carbocycles. The lowest BCUT2D eigenvalue weighted by atomic mass is 10.2. The fraction of sp³-hybridized carbons (Fsp3) is 0. The largest absolute Gasteiger partial charge is 0.349 e. The smallest absolute Gasteiger partial charge is 0.294 e. The predicted octanol–water partition coefficient (Wildman–Crippen LogP) is 1.71. The Morgan fingerprint density at radius 3 is 2.89 bits per heavy atom.